The van der Waals surface area contributed by atoms with Gasteiger partial charge in [-0.05, 0) is 37.4 Å². The Hall–Kier alpha value is -2.23. The number of fused-ring (bicyclic) bond motifs is 1. The van der Waals surface area contributed by atoms with Gasteiger partial charge in [-0.25, -0.2) is 4.99 Å². The largest absolute Gasteiger partial charge is 0.497 e. The molecule has 0 amide bonds. The van der Waals surface area contributed by atoms with Crippen molar-refractivity contribution in [2.24, 2.45) is 4.99 Å². The maximum atomic E-state index is 5.74. The van der Waals surface area contributed by atoms with Crippen molar-refractivity contribution in [1.82, 2.24) is 0 Å². The standard InChI is InChI=1S/C17H19NO3/c1-17(2)10-21-16(18-17)13-8-6-11-5-7-12(19-3)9-14(11)15(13)20-4/h5-9H,10H2,1-4H3. The van der Waals surface area contributed by atoms with Crippen LogP contribution in [-0.2, 0) is 4.74 Å². The van der Waals surface area contributed by atoms with Crippen LogP contribution in [0.2, 0.25) is 0 Å². The van der Waals surface area contributed by atoms with E-state index in [1.807, 2.05) is 30.3 Å². The van der Waals surface area contributed by atoms with E-state index < -0.39 is 0 Å². The maximum Gasteiger partial charge on any atom is 0.220 e. The fourth-order valence-corrected chi connectivity index (χ4v) is 2.51. The van der Waals surface area contributed by atoms with Gasteiger partial charge in [0.05, 0.1) is 25.3 Å². The zero-order valence-corrected chi connectivity index (χ0v) is 12.8. The molecule has 2 aromatic carbocycles. The van der Waals surface area contributed by atoms with E-state index in [4.69, 9.17) is 14.2 Å². The van der Waals surface area contributed by atoms with Crippen LogP contribution in [0.15, 0.2) is 35.3 Å². The monoisotopic (exact) mass is 285 g/mol. The van der Waals surface area contributed by atoms with Crippen molar-refractivity contribution < 1.29 is 14.2 Å². The number of rotatable bonds is 3. The Morgan fingerprint density at radius 1 is 1.10 bits per heavy atom. The predicted octanol–water partition coefficient (Wildman–Crippen LogP) is 3.41. The lowest BCUT2D eigenvalue weighted by molar-refractivity contribution is 0.278. The topological polar surface area (TPSA) is 40.0 Å². The molecule has 0 saturated carbocycles. The van der Waals surface area contributed by atoms with E-state index in [9.17, 15) is 0 Å². The fourth-order valence-electron chi connectivity index (χ4n) is 2.51. The molecule has 110 valence electrons. The summed E-state index contributed by atoms with van der Waals surface area (Å²) in [6.45, 7) is 4.69. The van der Waals surface area contributed by atoms with Gasteiger partial charge in [-0.15, -0.1) is 0 Å². The summed E-state index contributed by atoms with van der Waals surface area (Å²) in [5.74, 6) is 2.21. The van der Waals surface area contributed by atoms with Gasteiger partial charge in [0.15, 0.2) is 0 Å². The molecule has 0 radical (unpaired) electrons. The number of hydrogen-bond donors (Lipinski definition) is 0. The van der Waals surface area contributed by atoms with Crippen LogP contribution in [0.5, 0.6) is 11.5 Å². The number of hydrogen-bond acceptors (Lipinski definition) is 4. The molecule has 1 aliphatic rings. The van der Waals surface area contributed by atoms with Crippen molar-refractivity contribution in [3.8, 4) is 11.5 Å². The number of methoxy groups -OCH3 is 2. The smallest absolute Gasteiger partial charge is 0.220 e. The van der Waals surface area contributed by atoms with Gasteiger partial charge in [-0.3, -0.25) is 0 Å². The molecule has 3 rings (SSSR count). The quantitative estimate of drug-likeness (QED) is 0.867. The number of aliphatic imine (C=N–C) groups is 1. The molecule has 1 aliphatic heterocycles. The Morgan fingerprint density at radius 3 is 2.48 bits per heavy atom. The molecule has 4 nitrogen and oxygen atoms in total. The van der Waals surface area contributed by atoms with Gasteiger partial charge in [0, 0.05) is 5.39 Å². The molecule has 21 heavy (non-hydrogen) atoms. The summed E-state index contributed by atoms with van der Waals surface area (Å²) < 4.78 is 16.7. The van der Waals surface area contributed by atoms with E-state index in [1.165, 1.54) is 0 Å². The van der Waals surface area contributed by atoms with Crippen molar-refractivity contribution >= 4 is 16.7 Å². The zero-order valence-electron chi connectivity index (χ0n) is 12.8. The second-order valence-corrected chi connectivity index (χ2v) is 5.75. The summed E-state index contributed by atoms with van der Waals surface area (Å²) in [7, 11) is 3.32. The third-order valence-corrected chi connectivity index (χ3v) is 3.58. The molecule has 0 atom stereocenters. The Kier molecular flexibility index (Phi) is 3.24. The summed E-state index contributed by atoms with van der Waals surface area (Å²) in [5, 5.41) is 2.08. The van der Waals surface area contributed by atoms with E-state index in [1.54, 1.807) is 14.2 Å². The molecule has 0 fully saturated rings. The first-order valence-electron chi connectivity index (χ1n) is 6.92. The lowest BCUT2D eigenvalue weighted by Crippen LogP contribution is -2.17. The highest BCUT2D eigenvalue weighted by atomic mass is 16.5. The number of ether oxygens (including phenoxy) is 3. The molecule has 0 saturated heterocycles. The molecule has 0 spiro atoms. The summed E-state index contributed by atoms with van der Waals surface area (Å²) in [6, 6.07) is 9.96. The Labute approximate surface area is 124 Å². The summed E-state index contributed by atoms with van der Waals surface area (Å²) >= 11 is 0. The van der Waals surface area contributed by atoms with Crippen molar-refractivity contribution in [3.63, 3.8) is 0 Å². The molecule has 0 unspecified atom stereocenters. The van der Waals surface area contributed by atoms with Crippen LogP contribution in [0.4, 0.5) is 0 Å². The van der Waals surface area contributed by atoms with Gasteiger partial charge in [0.1, 0.15) is 18.1 Å². The van der Waals surface area contributed by atoms with Gasteiger partial charge >= 0.3 is 0 Å². The molecule has 4 heteroatoms. The van der Waals surface area contributed by atoms with Crippen LogP contribution in [0.3, 0.4) is 0 Å². The summed E-state index contributed by atoms with van der Waals surface area (Å²) in [5.41, 5.74) is 0.688. The molecule has 2 aromatic rings. The van der Waals surface area contributed by atoms with Crippen LogP contribution >= 0.6 is 0 Å². The Morgan fingerprint density at radius 2 is 1.86 bits per heavy atom. The molecule has 0 N–H and O–H groups in total. The van der Waals surface area contributed by atoms with E-state index >= 15 is 0 Å². The average Bonchev–Trinajstić information content (AvgIpc) is 2.85. The van der Waals surface area contributed by atoms with Crippen LogP contribution in [-0.4, -0.2) is 32.3 Å². The normalized spacial score (nSPS) is 16.5. The van der Waals surface area contributed by atoms with Crippen LogP contribution in [0, 0.1) is 0 Å². The minimum Gasteiger partial charge on any atom is -0.497 e. The SMILES string of the molecule is COc1ccc2ccc(C3=NC(C)(C)CO3)c(OC)c2c1. The maximum absolute atomic E-state index is 5.74. The number of benzene rings is 2. The lowest BCUT2D eigenvalue weighted by Gasteiger charge is -2.12. The second kappa shape index (κ2) is 4.95. The van der Waals surface area contributed by atoms with E-state index in [-0.39, 0.29) is 5.54 Å². The highest BCUT2D eigenvalue weighted by Crippen LogP contribution is 2.34. The van der Waals surface area contributed by atoms with Crippen molar-refractivity contribution in [3.05, 3.63) is 35.9 Å². The molecule has 0 aromatic heterocycles. The average molecular weight is 285 g/mol. The Bertz CT molecular complexity index is 719. The predicted molar refractivity (Wildman–Crippen MR) is 83.6 cm³/mol. The lowest BCUT2D eigenvalue weighted by atomic mass is 10.0. The fraction of sp³-hybridized carbons (Fsp3) is 0.353. The minimum absolute atomic E-state index is 0.191. The van der Waals surface area contributed by atoms with Gasteiger partial charge in [-0.2, -0.15) is 0 Å². The van der Waals surface area contributed by atoms with Gasteiger partial charge in [0.2, 0.25) is 5.90 Å². The minimum atomic E-state index is -0.191. The van der Waals surface area contributed by atoms with Gasteiger partial charge in [0.25, 0.3) is 0 Å². The van der Waals surface area contributed by atoms with Crippen LogP contribution in [0.1, 0.15) is 19.4 Å². The highest BCUT2D eigenvalue weighted by Gasteiger charge is 2.29. The molecule has 0 bridgehead atoms. The molecule has 0 aliphatic carbocycles. The Balaban J connectivity index is 2.20. The van der Waals surface area contributed by atoms with Crippen molar-refractivity contribution in [1.29, 1.82) is 0 Å². The zero-order chi connectivity index (χ0) is 15.0. The summed E-state index contributed by atoms with van der Waals surface area (Å²) in [4.78, 5) is 4.63. The highest BCUT2D eigenvalue weighted by molar-refractivity contribution is 6.04. The third-order valence-electron chi connectivity index (χ3n) is 3.58. The summed E-state index contributed by atoms with van der Waals surface area (Å²) in [6.07, 6.45) is 0. The van der Waals surface area contributed by atoms with Crippen LogP contribution < -0.4 is 9.47 Å². The van der Waals surface area contributed by atoms with Gasteiger partial charge < -0.3 is 14.2 Å². The molecule has 1 heterocycles. The molecular formula is C17H19NO3. The van der Waals surface area contributed by atoms with E-state index in [2.05, 4.69) is 18.8 Å². The van der Waals surface area contributed by atoms with E-state index in [0.717, 1.165) is 27.8 Å². The van der Waals surface area contributed by atoms with Crippen LogP contribution in [0.25, 0.3) is 10.8 Å². The first-order valence-corrected chi connectivity index (χ1v) is 6.92. The van der Waals surface area contributed by atoms with Gasteiger partial charge in [-0.1, -0.05) is 12.1 Å². The number of nitrogens with zero attached hydrogens (tertiary/aromatic N) is 1. The molecular weight excluding hydrogens is 266 g/mol. The van der Waals surface area contributed by atoms with Crippen molar-refractivity contribution in [2.45, 2.75) is 19.4 Å². The first kappa shape index (κ1) is 13.7. The van der Waals surface area contributed by atoms with E-state index in [0.29, 0.717) is 12.5 Å². The first-order chi connectivity index (χ1) is 10.0. The van der Waals surface area contributed by atoms with Crippen molar-refractivity contribution in [2.75, 3.05) is 20.8 Å². The second-order valence-electron chi connectivity index (χ2n) is 5.75. The third kappa shape index (κ3) is 2.42.